The van der Waals surface area contributed by atoms with Gasteiger partial charge in [0, 0.05) is 18.5 Å². The van der Waals surface area contributed by atoms with E-state index >= 15 is 0 Å². The number of carbonyl (C=O) groups is 1. The van der Waals surface area contributed by atoms with Crippen LogP contribution in [0.2, 0.25) is 0 Å². The average Bonchev–Trinajstić information content (AvgIpc) is 2.70. The van der Waals surface area contributed by atoms with Gasteiger partial charge >= 0.3 is 0 Å². The number of hydrogen-bond acceptors (Lipinski definition) is 3. The fraction of sp³-hybridized carbons (Fsp3) is 0.923. The summed E-state index contributed by atoms with van der Waals surface area (Å²) in [5.41, 5.74) is 5.96. The Balaban J connectivity index is 2.01. The van der Waals surface area contributed by atoms with E-state index in [9.17, 15) is 4.79 Å². The van der Waals surface area contributed by atoms with Crippen molar-refractivity contribution < 1.29 is 4.79 Å². The van der Waals surface area contributed by atoms with Gasteiger partial charge in [-0.15, -0.1) is 0 Å². The summed E-state index contributed by atoms with van der Waals surface area (Å²) < 4.78 is 0. The van der Waals surface area contributed by atoms with E-state index < -0.39 is 0 Å². The second kappa shape index (κ2) is 7.98. The molecule has 17 heavy (non-hydrogen) atoms. The van der Waals surface area contributed by atoms with E-state index in [0.29, 0.717) is 6.42 Å². The molecule has 0 atom stereocenters. The molecule has 0 saturated heterocycles. The topological polar surface area (TPSA) is 55.1 Å². The molecule has 0 unspecified atom stereocenters. The number of rotatable bonds is 8. The standard InChI is InChI=1S/C13H26N2OS/c1-17-10-6-2-5-9-15-12(16)11-13(14)7-3-4-8-13/h2-11,14H2,1H3,(H,15,16). The molecular weight excluding hydrogens is 232 g/mol. The maximum atomic E-state index is 11.7. The van der Waals surface area contributed by atoms with Crippen LogP contribution in [0.1, 0.15) is 51.4 Å². The van der Waals surface area contributed by atoms with Crippen LogP contribution in [0.25, 0.3) is 0 Å². The molecule has 1 rings (SSSR count). The summed E-state index contributed by atoms with van der Waals surface area (Å²) in [7, 11) is 0. The molecule has 1 amide bonds. The Hall–Kier alpha value is -0.220. The van der Waals surface area contributed by atoms with E-state index in [1.54, 1.807) is 0 Å². The SMILES string of the molecule is CSCCCCCNC(=O)CC1(N)CCCC1. The van der Waals surface area contributed by atoms with Crippen LogP contribution in [0.4, 0.5) is 0 Å². The molecule has 0 spiro atoms. The fourth-order valence-electron chi connectivity index (χ4n) is 2.41. The summed E-state index contributed by atoms with van der Waals surface area (Å²) in [5, 5.41) is 2.99. The summed E-state index contributed by atoms with van der Waals surface area (Å²) in [4.78, 5) is 11.7. The number of amides is 1. The van der Waals surface area contributed by atoms with Gasteiger partial charge in [-0.1, -0.05) is 19.3 Å². The third-order valence-corrected chi connectivity index (χ3v) is 4.16. The van der Waals surface area contributed by atoms with Gasteiger partial charge in [0.1, 0.15) is 0 Å². The molecular formula is C13H26N2OS. The van der Waals surface area contributed by atoms with E-state index in [2.05, 4.69) is 11.6 Å². The molecule has 0 aromatic carbocycles. The normalized spacial score (nSPS) is 18.2. The zero-order valence-corrected chi connectivity index (χ0v) is 11.8. The molecule has 1 aliphatic carbocycles. The summed E-state index contributed by atoms with van der Waals surface area (Å²) in [5.74, 6) is 1.36. The molecule has 0 radical (unpaired) electrons. The van der Waals surface area contributed by atoms with Gasteiger partial charge < -0.3 is 11.1 Å². The summed E-state index contributed by atoms with van der Waals surface area (Å²) >= 11 is 1.88. The van der Waals surface area contributed by atoms with Gasteiger partial charge in [0.05, 0.1) is 0 Å². The molecule has 0 aliphatic heterocycles. The van der Waals surface area contributed by atoms with Gasteiger partial charge in [0.25, 0.3) is 0 Å². The zero-order valence-electron chi connectivity index (χ0n) is 11.0. The molecule has 0 bridgehead atoms. The van der Waals surface area contributed by atoms with Crippen molar-refractivity contribution in [3.05, 3.63) is 0 Å². The first kappa shape index (κ1) is 14.8. The Labute approximate surface area is 109 Å². The Morgan fingerprint density at radius 1 is 1.29 bits per heavy atom. The third-order valence-electron chi connectivity index (χ3n) is 3.46. The molecule has 0 aromatic rings. The van der Waals surface area contributed by atoms with Gasteiger partial charge in [-0.25, -0.2) is 0 Å². The van der Waals surface area contributed by atoms with Gasteiger partial charge in [0.15, 0.2) is 0 Å². The number of nitrogens with one attached hydrogen (secondary N) is 1. The quantitative estimate of drug-likeness (QED) is 0.657. The van der Waals surface area contributed by atoms with Crippen LogP contribution < -0.4 is 11.1 Å². The van der Waals surface area contributed by atoms with E-state index in [1.165, 1.54) is 31.4 Å². The minimum absolute atomic E-state index is 0.138. The Morgan fingerprint density at radius 2 is 2.00 bits per heavy atom. The van der Waals surface area contributed by atoms with Crippen LogP contribution >= 0.6 is 11.8 Å². The van der Waals surface area contributed by atoms with Crippen LogP contribution in [0.15, 0.2) is 0 Å². The van der Waals surface area contributed by atoms with Gasteiger partial charge in [-0.2, -0.15) is 11.8 Å². The predicted molar refractivity (Wildman–Crippen MR) is 75.2 cm³/mol. The smallest absolute Gasteiger partial charge is 0.221 e. The van der Waals surface area contributed by atoms with Crippen molar-refractivity contribution >= 4 is 17.7 Å². The second-order valence-corrected chi connectivity index (χ2v) is 6.14. The molecule has 3 N–H and O–H groups in total. The lowest BCUT2D eigenvalue weighted by atomic mass is 9.94. The molecule has 1 saturated carbocycles. The van der Waals surface area contributed by atoms with Crippen LogP contribution in [0.5, 0.6) is 0 Å². The van der Waals surface area contributed by atoms with Crippen molar-refractivity contribution in [2.24, 2.45) is 5.73 Å². The van der Waals surface area contributed by atoms with Crippen molar-refractivity contribution in [1.29, 1.82) is 0 Å². The highest BCUT2D eigenvalue weighted by Gasteiger charge is 2.31. The van der Waals surface area contributed by atoms with Gasteiger partial charge in [0.2, 0.25) is 5.91 Å². The first-order chi connectivity index (χ1) is 8.16. The maximum Gasteiger partial charge on any atom is 0.221 e. The zero-order chi connectivity index (χ0) is 12.6. The van der Waals surface area contributed by atoms with E-state index in [-0.39, 0.29) is 11.4 Å². The number of thioether (sulfide) groups is 1. The molecule has 1 aliphatic rings. The predicted octanol–water partition coefficient (Wildman–Crippen LogP) is 2.30. The number of nitrogens with two attached hydrogens (primary N) is 1. The molecule has 4 heteroatoms. The number of unbranched alkanes of at least 4 members (excludes halogenated alkanes) is 2. The lowest BCUT2D eigenvalue weighted by Crippen LogP contribution is -2.42. The van der Waals surface area contributed by atoms with E-state index in [0.717, 1.165) is 25.8 Å². The van der Waals surface area contributed by atoms with Crippen molar-refractivity contribution in [2.75, 3.05) is 18.6 Å². The largest absolute Gasteiger partial charge is 0.356 e. The highest BCUT2D eigenvalue weighted by atomic mass is 32.2. The Morgan fingerprint density at radius 3 is 2.65 bits per heavy atom. The molecule has 0 heterocycles. The van der Waals surface area contributed by atoms with Gasteiger partial charge in [-0.3, -0.25) is 4.79 Å². The molecule has 100 valence electrons. The van der Waals surface area contributed by atoms with Crippen LogP contribution in [-0.2, 0) is 4.79 Å². The first-order valence-electron chi connectivity index (χ1n) is 6.71. The van der Waals surface area contributed by atoms with Crippen molar-refractivity contribution in [1.82, 2.24) is 5.32 Å². The summed E-state index contributed by atoms with van der Waals surface area (Å²) in [6.45, 7) is 0.809. The van der Waals surface area contributed by atoms with Crippen molar-refractivity contribution in [2.45, 2.75) is 56.9 Å². The lowest BCUT2D eigenvalue weighted by Gasteiger charge is -2.22. The summed E-state index contributed by atoms with van der Waals surface area (Å²) in [6.07, 6.45) is 10.6. The highest BCUT2D eigenvalue weighted by molar-refractivity contribution is 7.98. The fourth-order valence-corrected chi connectivity index (χ4v) is 2.91. The minimum atomic E-state index is -0.205. The maximum absolute atomic E-state index is 11.7. The highest BCUT2D eigenvalue weighted by Crippen LogP contribution is 2.29. The molecule has 1 fully saturated rings. The Kier molecular flexibility index (Phi) is 6.97. The monoisotopic (exact) mass is 258 g/mol. The van der Waals surface area contributed by atoms with Crippen molar-refractivity contribution in [3.8, 4) is 0 Å². The lowest BCUT2D eigenvalue weighted by molar-refractivity contribution is -0.122. The summed E-state index contributed by atoms with van der Waals surface area (Å²) in [6, 6.07) is 0. The second-order valence-electron chi connectivity index (χ2n) is 5.15. The Bertz CT molecular complexity index is 227. The van der Waals surface area contributed by atoms with Gasteiger partial charge in [-0.05, 0) is 37.7 Å². The van der Waals surface area contributed by atoms with Crippen molar-refractivity contribution in [3.63, 3.8) is 0 Å². The third kappa shape index (κ3) is 6.32. The van der Waals surface area contributed by atoms with Crippen LogP contribution in [0, 0.1) is 0 Å². The number of hydrogen-bond donors (Lipinski definition) is 2. The average molecular weight is 258 g/mol. The van der Waals surface area contributed by atoms with E-state index in [1.807, 2.05) is 11.8 Å². The van der Waals surface area contributed by atoms with Crippen LogP contribution in [-0.4, -0.2) is 30.0 Å². The molecule has 3 nitrogen and oxygen atoms in total. The van der Waals surface area contributed by atoms with E-state index in [4.69, 9.17) is 5.73 Å². The first-order valence-corrected chi connectivity index (χ1v) is 8.10. The number of carbonyl (C=O) groups excluding carboxylic acids is 1. The minimum Gasteiger partial charge on any atom is -0.356 e. The molecule has 0 aromatic heterocycles. The van der Waals surface area contributed by atoms with Crippen LogP contribution in [0.3, 0.4) is 0 Å².